The molecule has 1 atom stereocenters. The van der Waals surface area contributed by atoms with E-state index in [1.165, 1.54) is 6.07 Å². The van der Waals surface area contributed by atoms with Gasteiger partial charge in [-0.3, -0.25) is 0 Å². The third kappa shape index (κ3) is 1.92. The average Bonchev–Trinajstić information content (AvgIpc) is 2.85. The SMILES string of the molecule is O[C@@H](c1ccc(Br)cc1F)C1CC1. The Kier molecular flexibility index (Phi) is 2.39. The highest BCUT2D eigenvalue weighted by atomic mass is 79.9. The molecule has 70 valence electrons. The summed E-state index contributed by atoms with van der Waals surface area (Å²) in [5, 5.41) is 9.68. The van der Waals surface area contributed by atoms with Gasteiger partial charge < -0.3 is 5.11 Å². The van der Waals surface area contributed by atoms with Crippen LogP contribution in [0.4, 0.5) is 4.39 Å². The lowest BCUT2D eigenvalue weighted by Crippen LogP contribution is -2.02. The summed E-state index contributed by atoms with van der Waals surface area (Å²) in [6, 6.07) is 4.79. The topological polar surface area (TPSA) is 20.2 Å². The lowest BCUT2D eigenvalue weighted by molar-refractivity contribution is 0.149. The zero-order valence-electron chi connectivity index (χ0n) is 7.00. The predicted octanol–water partition coefficient (Wildman–Crippen LogP) is 3.03. The molecule has 1 fully saturated rings. The smallest absolute Gasteiger partial charge is 0.130 e. The Labute approximate surface area is 84.7 Å². The van der Waals surface area contributed by atoms with Gasteiger partial charge in [0, 0.05) is 10.0 Å². The second kappa shape index (κ2) is 3.39. The molecule has 0 aliphatic heterocycles. The highest BCUT2D eigenvalue weighted by Gasteiger charge is 2.32. The number of aliphatic hydroxyl groups excluding tert-OH is 1. The first-order chi connectivity index (χ1) is 6.18. The molecular formula is C10H10BrFO. The second-order valence-electron chi connectivity index (χ2n) is 3.45. The van der Waals surface area contributed by atoms with Crippen LogP contribution < -0.4 is 0 Å². The van der Waals surface area contributed by atoms with Crippen molar-refractivity contribution in [1.82, 2.24) is 0 Å². The lowest BCUT2D eigenvalue weighted by Gasteiger charge is -2.10. The summed E-state index contributed by atoms with van der Waals surface area (Å²) < 4.78 is 14.0. The molecule has 3 heteroatoms. The van der Waals surface area contributed by atoms with Crippen molar-refractivity contribution in [3.8, 4) is 0 Å². The summed E-state index contributed by atoms with van der Waals surface area (Å²) in [5.74, 6) is -0.0514. The number of halogens is 2. The number of rotatable bonds is 2. The van der Waals surface area contributed by atoms with E-state index in [9.17, 15) is 9.50 Å². The van der Waals surface area contributed by atoms with Crippen LogP contribution in [-0.2, 0) is 0 Å². The van der Waals surface area contributed by atoms with Gasteiger partial charge in [0.25, 0.3) is 0 Å². The van der Waals surface area contributed by atoms with E-state index < -0.39 is 6.10 Å². The van der Waals surface area contributed by atoms with Crippen LogP contribution >= 0.6 is 15.9 Å². The molecule has 0 heterocycles. The van der Waals surface area contributed by atoms with Gasteiger partial charge in [-0.1, -0.05) is 22.0 Å². The summed E-state index contributed by atoms with van der Waals surface area (Å²) in [7, 11) is 0. The third-order valence-corrected chi connectivity index (χ3v) is 2.84. The molecule has 0 bridgehead atoms. The van der Waals surface area contributed by atoms with Gasteiger partial charge in [-0.15, -0.1) is 0 Å². The minimum Gasteiger partial charge on any atom is -0.388 e. The van der Waals surface area contributed by atoms with Crippen molar-refractivity contribution in [2.75, 3.05) is 0 Å². The maximum Gasteiger partial charge on any atom is 0.130 e. The van der Waals surface area contributed by atoms with Gasteiger partial charge in [0.1, 0.15) is 5.82 Å². The molecule has 0 spiro atoms. The van der Waals surface area contributed by atoms with E-state index in [1.54, 1.807) is 12.1 Å². The normalized spacial score (nSPS) is 18.7. The molecule has 1 aliphatic carbocycles. The van der Waals surface area contributed by atoms with Gasteiger partial charge in [-0.05, 0) is 30.9 Å². The van der Waals surface area contributed by atoms with Crippen molar-refractivity contribution in [3.05, 3.63) is 34.1 Å². The molecule has 1 aromatic carbocycles. The van der Waals surface area contributed by atoms with Gasteiger partial charge in [0.15, 0.2) is 0 Å². The zero-order chi connectivity index (χ0) is 9.42. The Balaban J connectivity index is 2.28. The Bertz CT molecular complexity index is 323. The monoisotopic (exact) mass is 244 g/mol. The molecule has 1 saturated carbocycles. The fourth-order valence-electron chi connectivity index (χ4n) is 1.41. The van der Waals surface area contributed by atoms with E-state index in [1.807, 2.05) is 0 Å². The first-order valence-electron chi connectivity index (χ1n) is 4.31. The van der Waals surface area contributed by atoms with E-state index in [0.29, 0.717) is 10.0 Å². The number of benzene rings is 1. The Hall–Kier alpha value is -0.410. The van der Waals surface area contributed by atoms with Crippen LogP contribution in [0.1, 0.15) is 24.5 Å². The van der Waals surface area contributed by atoms with E-state index in [2.05, 4.69) is 15.9 Å². The largest absolute Gasteiger partial charge is 0.388 e. The van der Waals surface area contributed by atoms with Crippen molar-refractivity contribution >= 4 is 15.9 Å². The second-order valence-corrected chi connectivity index (χ2v) is 4.36. The molecule has 1 nitrogen and oxygen atoms in total. The summed E-state index contributed by atoms with van der Waals surface area (Å²) in [6.07, 6.45) is 1.40. The van der Waals surface area contributed by atoms with E-state index in [0.717, 1.165) is 12.8 Å². The van der Waals surface area contributed by atoms with Gasteiger partial charge in [-0.25, -0.2) is 4.39 Å². The van der Waals surface area contributed by atoms with E-state index >= 15 is 0 Å². The van der Waals surface area contributed by atoms with Crippen molar-refractivity contribution in [2.45, 2.75) is 18.9 Å². The Morgan fingerprint density at radius 1 is 1.46 bits per heavy atom. The Morgan fingerprint density at radius 3 is 2.69 bits per heavy atom. The molecular weight excluding hydrogens is 235 g/mol. The van der Waals surface area contributed by atoms with Crippen molar-refractivity contribution in [2.24, 2.45) is 5.92 Å². The maximum absolute atomic E-state index is 13.3. The van der Waals surface area contributed by atoms with E-state index in [-0.39, 0.29) is 11.7 Å². The summed E-state index contributed by atoms with van der Waals surface area (Å²) in [6.45, 7) is 0. The lowest BCUT2D eigenvalue weighted by atomic mass is 10.1. The van der Waals surface area contributed by atoms with Crippen LogP contribution in [-0.4, -0.2) is 5.11 Å². The first-order valence-corrected chi connectivity index (χ1v) is 5.11. The first kappa shape index (κ1) is 9.16. The molecule has 0 unspecified atom stereocenters. The molecule has 0 saturated heterocycles. The van der Waals surface area contributed by atoms with Crippen LogP contribution in [0.2, 0.25) is 0 Å². The highest BCUT2D eigenvalue weighted by molar-refractivity contribution is 9.10. The zero-order valence-corrected chi connectivity index (χ0v) is 8.59. The minimum atomic E-state index is -0.618. The standard InChI is InChI=1S/C10H10BrFO/c11-7-3-4-8(9(12)5-7)10(13)6-1-2-6/h3-6,10,13H,1-2H2/t10-/m1/s1. The van der Waals surface area contributed by atoms with E-state index in [4.69, 9.17) is 0 Å². The van der Waals surface area contributed by atoms with Crippen molar-refractivity contribution in [3.63, 3.8) is 0 Å². The average molecular weight is 245 g/mol. The van der Waals surface area contributed by atoms with Crippen LogP contribution in [0.25, 0.3) is 0 Å². The fourth-order valence-corrected chi connectivity index (χ4v) is 1.74. The molecule has 13 heavy (non-hydrogen) atoms. The maximum atomic E-state index is 13.3. The van der Waals surface area contributed by atoms with Gasteiger partial charge in [-0.2, -0.15) is 0 Å². The molecule has 1 aliphatic rings. The molecule has 0 aromatic heterocycles. The van der Waals surface area contributed by atoms with Gasteiger partial charge in [0.05, 0.1) is 6.10 Å². The summed E-state index contributed by atoms with van der Waals surface area (Å²) in [5.41, 5.74) is 0.422. The molecule has 0 amide bonds. The minimum absolute atomic E-state index is 0.274. The van der Waals surface area contributed by atoms with Crippen LogP contribution in [0.3, 0.4) is 0 Å². The molecule has 2 rings (SSSR count). The van der Waals surface area contributed by atoms with Crippen LogP contribution in [0, 0.1) is 11.7 Å². The van der Waals surface area contributed by atoms with Crippen molar-refractivity contribution in [1.29, 1.82) is 0 Å². The molecule has 0 radical (unpaired) electrons. The summed E-state index contributed by atoms with van der Waals surface area (Å²) >= 11 is 3.18. The van der Waals surface area contributed by atoms with Crippen molar-refractivity contribution < 1.29 is 9.50 Å². The number of aliphatic hydroxyl groups is 1. The Morgan fingerprint density at radius 2 is 2.15 bits per heavy atom. The summed E-state index contributed by atoms with van der Waals surface area (Å²) in [4.78, 5) is 0. The number of hydrogen-bond acceptors (Lipinski definition) is 1. The number of hydrogen-bond donors (Lipinski definition) is 1. The molecule has 1 N–H and O–H groups in total. The van der Waals surface area contributed by atoms with Crippen LogP contribution in [0.5, 0.6) is 0 Å². The van der Waals surface area contributed by atoms with Gasteiger partial charge >= 0.3 is 0 Å². The third-order valence-electron chi connectivity index (χ3n) is 2.35. The van der Waals surface area contributed by atoms with Gasteiger partial charge in [0.2, 0.25) is 0 Å². The fraction of sp³-hybridized carbons (Fsp3) is 0.400. The highest BCUT2D eigenvalue weighted by Crippen LogP contribution is 2.41. The van der Waals surface area contributed by atoms with Crippen LogP contribution in [0.15, 0.2) is 22.7 Å². The molecule has 1 aromatic rings. The quantitative estimate of drug-likeness (QED) is 0.849. The predicted molar refractivity (Wildman–Crippen MR) is 51.8 cm³/mol.